The van der Waals surface area contributed by atoms with Gasteiger partial charge in [-0.25, -0.2) is 0 Å². The van der Waals surface area contributed by atoms with Gasteiger partial charge in [0.2, 0.25) is 0 Å². The summed E-state index contributed by atoms with van der Waals surface area (Å²) >= 11 is 0. The number of benzene rings is 1. The van der Waals surface area contributed by atoms with Crippen molar-refractivity contribution < 1.29 is 23.6 Å². The van der Waals surface area contributed by atoms with E-state index in [1.54, 1.807) is 6.07 Å². The van der Waals surface area contributed by atoms with Gasteiger partial charge in [0.05, 0.1) is 19.3 Å². The van der Waals surface area contributed by atoms with Crippen LogP contribution in [0.4, 0.5) is 0 Å². The lowest BCUT2D eigenvalue weighted by atomic mass is 10.1. The molecule has 0 aliphatic heterocycles. The van der Waals surface area contributed by atoms with E-state index in [0.29, 0.717) is 37.9 Å². The Kier molecular flexibility index (Phi) is 8.22. The van der Waals surface area contributed by atoms with E-state index in [0.717, 1.165) is 22.6 Å². The molecule has 1 heterocycles. The van der Waals surface area contributed by atoms with E-state index >= 15 is 0 Å². The summed E-state index contributed by atoms with van der Waals surface area (Å²) in [6, 6.07) is 5.62. The van der Waals surface area contributed by atoms with Crippen LogP contribution in [0.25, 0.3) is 0 Å². The molecule has 0 aliphatic carbocycles. The molecule has 0 unspecified atom stereocenters. The molecule has 0 bridgehead atoms. The highest BCUT2D eigenvalue weighted by Crippen LogP contribution is 2.28. The molecule has 0 saturated heterocycles. The first kappa shape index (κ1) is 20.4. The van der Waals surface area contributed by atoms with Gasteiger partial charge < -0.3 is 23.6 Å². The van der Waals surface area contributed by atoms with Gasteiger partial charge in [-0.3, -0.25) is 0 Å². The van der Waals surface area contributed by atoms with Gasteiger partial charge in [-0.05, 0) is 49.2 Å². The van der Waals surface area contributed by atoms with Crippen LogP contribution in [0.5, 0.6) is 17.4 Å². The van der Waals surface area contributed by atoms with E-state index in [4.69, 9.17) is 18.7 Å². The van der Waals surface area contributed by atoms with Crippen molar-refractivity contribution in [1.82, 2.24) is 5.16 Å². The monoisotopic (exact) mass is 374 g/mol. The number of aryl methyl sites for hydroxylation is 2. The lowest BCUT2D eigenvalue weighted by molar-refractivity contribution is 0.214. The zero-order chi connectivity index (χ0) is 19.5. The Morgan fingerprint density at radius 3 is 2.52 bits per heavy atom. The fraction of sp³-hybridized carbons (Fsp3) is 0.400. The van der Waals surface area contributed by atoms with Gasteiger partial charge in [0.25, 0.3) is 5.88 Å². The molecule has 0 saturated carbocycles. The number of rotatable bonds is 11. The second-order valence-corrected chi connectivity index (χ2v) is 5.80. The summed E-state index contributed by atoms with van der Waals surface area (Å²) < 4.78 is 22.1. The van der Waals surface area contributed by atoms with Gasteiger partial charge in [0.15, 0.2) is 5.76 Å². The highest BCUT2D eigenvalue weighted by Gasteiger charge is 2.08. The highest BCUT2D eigenvalue weighted by molar-refractivity contribution is 5.75. The SMILES string of the molecule is C/C=C/COc1cc(C)c(OCCCOc2cc(/C=N/OC)on2)c(C)c1. The predicted molar refractivity (Wildman–Crippen MR) is 103 cm³/mol. The van der Waals surface area contributed by atoms with Gasteiger partial charge >= 0.3 is 0 Å². The first-order chi connectivity index (χ1) is 13.1. The minimum Gasteiger partial charge on any atom is -0.493 e. The third-order valence-corrected chi connectivity index (χ3v) is 3.59. The van der Waals surface area contributed by atoms with Gasteiger partial charge in [0.1, 0.15) is 31.4 Å². The zero-order valence-electron chi connectivity index (χ0n) is 16.2. The molecular weight excluding hydrogens is 348 g/mol. The molecule has 0 fully saturated rings. The van der Waals surface area contributed by atoms with Crippen LogP contribution in [-0.4, -0.2) is 38.3 Å². The average molecular weight is 374 g/mol. The van der Waals surface area contributed by atoms with Gasteiger partial charge in [-0.1, -0.05) is 17.3 Å². The van der Waals surface area contributed by atoms with Crippen LogP contribution in [0.2, 0.25) is 0 Å². The van der Waals surface area contributed by atoms with E-state index in [1.165, 1.54) is 13.3 Å². The number of hydrogen-bond donors (Lipinski definition) is 0. The number of oxime groups is 1. The molecule has 27 heavy (non-hydrogen) atoms. The Morgan fingerprint density at radius 2 is 1.81 bits per heavy atom. The smallest absolute Gasteiger partial charge is 0.254 e. The summed E-state index contributed by atoms with van der Waals surface area (Å²) in [5.41, 5.74) is 2.09. The summed E-state index contributed by atoms with van der Waals surface area (Å²) in [6.45, 7) is 7.57. The maximum atomic E-state index is 5.91. The van der Waals surface area contributed by atoms with E-state index in [-0.39, 0.29) is 0 Å². The van der Waals surface area contributed by atoms with E-state index in [2.05, 4.69) is 15.1 Å². The van der Waals surface area contributed by atoms with Crippen molar-refractivity contribution in [2.45, 2.75) is 27.2 Å². The molecule has 2 rings (SSSR count). The van der Waals surface area contributed by atoms with Crippen LogP contribution in [0, 0.1) is 13.8 Å². The fourth-order valence-electron chi connectivity index (χ4n) is 2.38. The fourth-order valence-corrected chi connectivity index (χ4v) is 2.38. The van der Waals surface area contributed by atoms with E-state index in [1.807, 2.05) is 45.1 Å². The summed E-state index contributed by atoms with van der Waals surface area (Å²) in [5.74, 6) is 2.60. The lowest BCUT2D eigenvalue weighted by Crippen LogP contribution is -2.07. The molecule has 7 nitrogen and oxygen atoms in total. The lowest BCUT2D eigenvalue weighted by Gasteiger charge is -2.14. The van der Waals surface area contributed by atoms with Crippen molar-refractivity contribution in [2.75, 3.05) is 26.9 Å². The molecular formula is C20H26N2O5. The van der Waals surface area contributed by atoms with Crippen LogP contribution >= 0.6 is 0 Å². The van der Waals surface area contributed by atoms with Crippen molar-refractivity contribution in [3.05, 3.63) is 47.2 Å². The molecule has 0 aliphatic rings. The third kappa shape index (κ3) is 6.69. The van der Waals surface area contributed by atoms with Crippen molar-refractivity contribution in [3.63, 3.8) is 0 Å². The third-order valence-electron chi connectivity index (χ3n) is 3.59. The molecule has 1 aromatic carbocycles. The van der Waals surface area contributed by atoms with Crippen LogP contribution < -0.4 is 14.2 Å². The minimum atomic E-state index is 0.405. The molecule has 0 amide bonds. The van der Waals surface area contributed by atoms with Crippen molar-refractivity contribution in [1.29, 1.82) is 0 Å². The molecule has 7 heteroatoms. The van der Waals surface area contributed by atoms with Crippen LogP contribution in [0.15, 0.2) is 40.0 Å². The molecule has 0 spiro atoms. The van der Waals surface area contributed by atoms with Crippen molar-refractivity contribution in [3.8, 4) is 17.4 Å². The number of allylic oxidation sites excluding steroid dienone is 1. The van der Waals surface area contributed by atoms with E-state index in [9.17, 15) is 0 Å². The Hall–Kier alpha value is -2.96. The maximum Gasteiger partial charge on any atom is 0.254 e. The summed E-state index contributed by atoms with van der Waals surface area (Å²) in [4.78, 5) is 4.57. The molecule has 0 atom stereocenters. The van der Waals surface area contributed by atoms with Crippen LogP contribution in [-0.2, 0) is 4.84 Å². The highest BCUT2D eigenvalue weighted by atomic mass is 16.6. The Labute approximate surface area is 159 Å². The van der Waals surface area contributed by atoms with Crippen molar-refractivity contribution in [2.24, 2.45) is 5.16 Å². The Morgan fingerprint density at radius 1 is 1.07 bits per heavy atom. The second kappa shape index (κ2) is 10.9. The summed E-state index contributed by atoms with van der Waals surface area (Å²) in [7, 11) is 1.46. The van der Waals surface area contributed by atoms with Crippen molar-refractivity contribution >= 4 is 6.21 Å². The zero-order valence-corrected chi connectivity index (χ0v) is 16.2. The topological polar surface area (TPSA) is 75.3 Å². The molecule has 0 radical (unpaired) electrons. The van der Waals surface area contributed by atoms with Crippen LogP contribution in [0.3, 0.4) is 0 Å². The summed E-state index contributed by atoms with van der Waals surface area (Å²) in [5, 5.41) is 7.39. The number of hydrogen-bond acceptors (Lipinski definition) is 7. The Bertz CT molecular complexity index is 744. The number of aromatic nitrogens is 1. The first-order valence-corrected chi connectivity index (χ1v) is 8.78. The van der Waals surface area contributed by atoms with Gasteiger partial charge in [-0.2, -0.15) is 0 Å². The van der Waals surface area contributed by atoms with Gasteiger partial charge in [0, 0.05) is 6.42 Å². The Balaban J connectivity index is 1.76. The number of ether oxygens (including phenoxy) is 3. The van der Waals surface area contributed by atoms with Gasteiger partial charge in [-0.15, -0.1) is 0 Å². The molecule has 0 N–H and O–H groups in total. The maximum absolute atomic E-state index is 5.91. The standard InChI is InChI=1S/C20H26N2O5/c1-5-6-8-24-17-11-15(2)20(16(3)12-17)26-10-7-9-25-19-13-18(27-22-19)14-21-23-4/h5-6,11-14H,7-10H2,1-4H3/b6-5+,21-14+. The predicted octanol–water partition coefficient (Wildman–Crippen LogP) is 4.07. The molecule has 1 aromatic heterocycles. The molecule has 2 aromatic rings. The normalized spacial score (nSPS) is 11.3. The van der Waals surface area contributed by atoms with Crippen LogP contribution in [0.1, 0.15) is 30.2 Å². The average Bonchev–Trinajstić information content (AvgIpc) is 3.09. The molecule has 146 valence electrons. The first-order valence-electron chi connectivity index (χ1n) is 8.78. The summed E-state index contributed by atoms with van der Waals surface area (Å²) in [6.07, 6.45) is 6.07. The number of nitrogens with zero attached hydrogens (tertiary/aromatic N) is 2. The quantitative estimate of drug-likeness (QED) is 0.255. The largest absolute Gasteiger partial charge is 0.493 e. The second-order valence-electron chi connectivity index (χ2n) is 5.80. The minimum absolute atomic E-state index is 0.405. The van der Waals surface area contributed by atoms with E-state index < -0.39 is 0 Å².